The lowest BCUT2D eigenvalue weighted by atomic mass is 10.2. The smallest absolute Gasteiger partial charge is 0.175 e. The van der Waals surface area contributed by atoms with E-state index in [2.05, 4.69) is 32.3 Å². The maximum Gasteiger partial charge on any atom is 0.175 e. The third kappa shape index (κ3) is 3.08. The molecule has 100 valence electrons. The van der Waals surface area contributed by atoms with Gasteiger partial charge in [0.2, 0.25) is 0 Å². The first-order valence-electron chi connectivity index (χ1n) is 5.99. The van der Waals surface area contributed by atoms with E-state index in [9.17, 15) is 0 Å². The summed E-state index contributed by atoms with van der Waals surface area (Å²) in [7, 11) is 0. The Hall–Kier alpha value is -1.11. The standard InChI is InChI=1S/C13H13BrN2O2S/c14-11-3-9(4-12-13(11)18-2-1-17-12)5-15-6-10-7-16-8-19-10/h3-4,7-8,15H,1-2,5-6H2. The highest BCUT2D eigenvalue weighted by atomic mass is 79.9. The molecule has 6 heteroatoms. The number of nitrogens with zero attached hydrogens (tertiary/aromatic N) is 1. The van der Waals surface area contributed by atoms with Gasteiger partial charge in [0.15, 0.2) is 11.5 Å². The minimum atomic E-state index is 0.606. The van der Waals surface area contributed by atoms with Crippen molar-refractivity contribution in [3.8, 4) is 11.5 Å². The highest BCUT2D eigenvalue weighted by Crippen LogP contribution is 2.38. The van der Waals surface area contributed by atoms with Crippen LogP contribution < -0.4 is 14.8 Å². The summed E-state index contributed by atoms with van der Waals surface area (Å²) in [6.07, 6.45) is 1.89. The summed E-state index contributed by atoms with van der Waals surface area (Å²) >= 11 is 5.18. The summed E-state index contributed by atoms with van der Waals surface area (Å²) in [4.78, 5) is 5.29. The molecule has 0 atom stereocenters. The van der Waals surface area contributed by atoms with Gasteiger partial charge in [0.05, 0.1) is 9.98 Å². The highest BCUT2D eigenvalue weighted by molar-refractivity contribution is 9.10. The van der Waals surface area contributed by atoms with Gasteiger partial charge < -0.3 is 14.8 Å². The van der Waals surface area contributed by atoms with Gasteiger partial charge >= 0.3 is 0 Å². The molecule has 19 heavy (non-hydrogen) atoms. The van der Waals surface area contributed by atoms with Gasteiger partial charge in [0.25, 0.3) is 0 Å². The molecule has 0 fully saturated rings. The summed E-state index contributed by atoms with van der Waals surface area (Å²) in [5.41, 5.74) is 3.01. The van der Waals surface area contributed by atoms with Crippen molar-refractivity contribution in [2.45, 2.75) is 13.1 Å². The molecule has 1 aromatic heterocycles. The predicted octanol–water partition coefficient (Wildman–Crippen LogP) is 2.97. The Balaban J connectivity index is 1.66. The Labute approximate surface area is 123 Å². The van der Waals surface area contributed by atoms with E-state index < -0.39 is 0 Å². The van der Waals surface area contributed by atoms with Gasteiger partial charge in [-0.05, 0) is 33.6 Å². The molecular weight excluding hydrogens is 328 g/mol. The molecule has 0 saturated carbocycles. The number of halogens is 1. The van der Waals surface area contributed by atoms with Crippen molar-refractivity contribution in [3.63, 3.8) is 0 Å². The van der Waals surface area contributed by atoms with E-state index in [-0.39, 0.29) is 0 Å². The van der Waals surface area contributed by atoms with Gasteiger partial charge in [-0.15, -0.1) is 11.3 Å². The largest absolute Gasteiger partial charge is 0.486 e. The Morgan fingerprint density at radius 3 is 3.00 bits per heavy atom. The number of aromatic nitrogens is 1. The van der Waals surface area contributed by atoms with E-state index in [0.29, 0.717) is 13.2 Å². The van der Waals surface area contributed by atoms with E-state index >= 15 is 0 Å². The minimum absolute atomic E-state index is 0.606. The molecule has 0 unspecified atom stereocenters. The molecule has 0 amide bonds. The van der Waals surface area contributed by atoms with Crippen molar-refractivity contribution >= 4 is 27.3 Å². The molecule has 1 N–H and O–H groups in total. The lowest BCUT2D eigenvalue weighted by Gasteiger charge is -2.20. The molecule has 0 saturated heterocycles. The van der Waals surface area contributed by atoms with Gasteiger partial charge in [0.1, 0.15) is 13.2 Å². The molecule has 1 aliphatic heterocycles. The van der Waals surface area contributed by atoms with Crippen LogP contribution in [-0.4, -0.2) is 18.2 Å². The molecular formula is C13H13BrN2O2S. The van der Waals surface area contributed by atoms with Crippen molar-refractivity contribution in [2.24, 2.45) is 0 Å². The monoisotopic (exact) mass is 340 g/mol. The van der Waals surface area contributed by atoms with Crippen molar-refractivity contribution in [1.82, 2.24) is 10.3 Å². The van der Waals surface area contributed by atoms with Crippen LogP contribution in [0.25, 0.3) is 0 Å². The highest BCUT2D eigenvalue weighted by Gasteiger charge is 2.16. The number of fused-ring (bicyclic) bond motifs is 1. The zero-order valence-electron chi connectivity index (χ0n) is 10.2. The molecule has 0 spiro atoms. The molecule has 1 aliphatic rings. The number of thiazole rings is 1. The Kier molecular flexibility index (Phi) is 4.00. The van der Waals surface area contributed by atoms with Gasteiger partial charge in [-0.2, -0.15) is 0 Å². The van der Waals surface area contributed by atoms with Crippen LogP contribution >= 0.6 is 27.3 Å². The number of hydrogen-bond acceptors (Lipinski definition) is 5. The third-order valence-electron chi connectivity index (χ3n) is 2.77. The second kappa shape index (κ2) is 5.90. The van der Waals surface area contributed by atoms with Gasteiger partial charge in [-0.25, -0.2) is 0 Å². The number of benzene rings is 1. The molecule has 3 rings (SSSR count). The van der Waals surface area contributed by atoms with E-state index in [1.165, 1.54) is 10.4 Å². The first-order chi connectivity index (χ1) is 9.33. The lowest BCUT2D eigenvalue weighted by Crippen LogP contribution is -2.17. The third-order valence-corrected chi connectivity index (χ3v) is 4.14. The number of nitrogens with one attached hydrogen (secondary N) is 1. The topological polar surface area (TPSA) is 43.4 Å². The quantitative estimate of drug-likeness (QED) is 0.929. The molecule has 4 nitrogen and oxygen atoms in total. The van der Waals surface area contributed by atoms with Crippen LogP contribution in [0.4, 0.5) is 0 Å². The van der Waals surface area contributed by atoms with Crippen LogP contribution in [0.2, 0.25) is 0 Å². The van der Waals surface area contributed by atoms with E-state index in [4.69, 9.17) is 9.47 Å². The van der Waals surface area contributed by atoms with Crippen LogP contribution in [0.1, 0.15) is 10.4 Å². The Morgan fingerprint density at radius 1 is 1.26 bits per heavy atom. The predicted molar refractivity (Wildman–Crippen MR) is 77.8 cm³/mol. The van der Waals surface area contributed by atoms with Crippen LogP contribution in [0.5, 0.6) is 11.5 Å². The summed E-state index contributed by atoms with van der Waals surface area (Å²) in [6, 6.07) is 4.09. The maximum atomic E-state index is 5.61. The normalized spacial score (nSPS) is 13.5. The van der Waals surface area contributed by atoms with Crippen molar-refractivity contribution in [2.75, 3.05) is 13.2 Å². The summed E-state index contributed by atoms with van der Waals surface area (Å²) in [6.45, 7) is 2.83. The molecule has 2 heterocycles. The van der Waals surface area contributed by atoms with Crippen LogP contribution in [0, 0.1) is 0 Å². The van der Waals surface area contributed by atoms with Crippen LogP contribution in [-0.2, 0) is 13.1 Å². The van der Waals surface area contributed by atoms with Crippen molar-refractivity contribution in [3.05, 3.63) is 38.8 Å². The van der Waals surface area contributed by atoms with E-state index in [1.807, 2.05) is 17.8 Å². The SMILES string of the molecule is Brc1cc(CNCc2cncs2)cc2c1OCCO2. The minimum Gasteiger partial charge on any atom is -0.486 e. The van der Waals surface area contributed by atoms with E-state index in [1.54, 1.807) is 11.3 Å². The Bertz CT molecular complexity index is 560. The number of ether oxygens (including phenoxy) is 2. The van der Waals surface area contributed by atoms with E-state index in [0.717, 1.165) is 29.1 Å². The summed E-state index contributed by atoms with van der Waals surface area (Å²) < 4.78 is 12.1. The van der Waals surface area contributed by atoms with Gasteiger partial charge in [-0.3, -0.25) is 4.98 Å². The fourth-order valence-corrected chi connectivity index (χ4v) is 3.09. The first kappa shape index (κ1) is 12.9. The second-order valence-electron chi connectivity index (χ2n) is 4.17. The zero-order chi connectivity index (χ0) is 13.1. The molecule has 0 aliphatic carbocycles. The van der Waals surface area contributed by atoms with Crippen LogP contribution in [0.15, 0.2) is 28.3 Å². The van der Waals surface area contributed by atoms with Gasteiger partial charge in [-0.1, -0.05) is 0 Å². The average Bonchev–Trinajstić information content (AvgIpc) is 2.92. The van der Waals surface area contributed by atoms with Crippen LogP contribution in [0.3, 0.4) is 0 Å². The first-order valence-corrected chi connectivity index (χ1v) is 7.66. The Morgan fingerprint density at radius 2 is 2.16 bits per heavy atom. The lowest BCUT2D eigenvalue weighted by molar-refractivity contribution is 0.170. The molecule has 2 aromatic rings. The molecule has 0 bridgehead atoms. The molecule has 1 aromatic carbocycles. The maximum absolute atomic E-state index is 5.61. The average molecular weight is 341 g/mol. The van der Waals surface area contributed by atoms with Gasteiger partial charge in [0, 0.05) is 24.2 Å². The fraction of sp³-hybridized carbons (Fsp3) is 0.308. The summed E-state index contributed by atoms with van der Waals surface area (Å²) in [5.74, 6) is 1.62. The van der Waals surface area contributed by atoms with Crippen molar-refractivity contribution in [1.29, 1.82) is 0 Å². The molecule has 0 radical (unpaired) electrons. The fourth-order valence-electron chi connectivity index (χ4n) is 1.93. The number of rotatable bonds is 4. The number of hydrogen-bond donors (Lipinski definition) is 1. The zero-order valence-corrected chi connectivity index (χ0v) is 12.6. The van der Waals surface area contributed by atoms with Crippen molar-refractivity contribution < 1.29 is 9.47 Å². The second-order valence-corrected chi connectivity index (χ2v) is 6.00. The summed E-state index contributed by atoms with van der Waals surface area (Å²) in [5, 5.41) is 3.39.